The Bertz CT molecular complexity index is 630. The first-order valence-electron chi connectivity index (χ1n) is 6.38. The molecule has 0 aliphatic carbocycles. The molecule has 7 nitrogen and oxygen atoms in total. The maximum absolute atomic E-state index is 10.8. The molecule has 0 saturated carbocycles. The first-order chi connectivity index (χ1) is 10.1. The van der Waals surface area contributed by atoms with Crippen molar-refractivity contribution in [3.63, 3.8) is 0 Å². The van der Waals surface area contributed by atoms with Crippen molar-refractivity contribution in [3.05, 3.63) is 39.4 Å². The maximum atomic E-state index is 10.8. The van der Waals surface area contributed by atoms with Crippen molar-refractivity contribution < 1.29 is 9.66 Å². The molecule has 1 aromatic carbocycles. The van der Waals surface area contributed by atoms with Gasteiger partial charge >= 0.3 is 0 Å². The Morgan fingerprint density at radius 3 is 2.95 bits per heavy atom. The van der Waals surface area contributed by atoms with Gasteiger partial charge in [-0.1, -0.05) is 6.92 Å². The van der Waals surface area contributed by atoms with E-state index in [4.69, 9.17) is 4.74 Å². The predicted molar refractivity (Wildman–Crippen MR) is 82.4 cm³/mol. The summed E-state index contributed by atoms with van der Waals surface area (Å²) < 4.78 is 5.20. The van der Waals surface area contributed by atoms with E-state index in [1.54, 1.807) is 6.07 Å². The van der Waals surface area contributed by atoms with Crippen LogP contribution in [0.4, 0.5) is 16.5 Å². The van der Waals surface area contributed by atoms with Gasteiger partial charge in [-0.15, -0.1) is 11.3 Å². The number of nitro benzene ring substituents is 1. The van der Waals surface area contributed by atoms with Gasteiger partial charge in [0.15, 0.2) is 5.13 Å². The molecule has 1 aromatic heterocycles. The van der Waals surface area contributed by atoms with Crippen LogP contribution >= 0.6 is 11.3 Å². The second-order valence-corrected chi connectivity index (χ2v) is 5.05. The molecular formula is C13H16N4O3S. The number of hydrogen-bond acceptors (Lipinski definition) is 7. The molecule has 0 aliphatic heterocycles. The number of rotatable bonds is 7. The van der Waals surface area contributed by atoms with Crippen LogP contribution in [0.5, 0.6) is 5.75 Å². The van der Waals surface area contributed by atoms with E-state index in [9.17, 15) is 10.1 Å². The van der Waals surface area contributed by atoms with E-state index in [-0.39, 0.29) is 5.69 Å². The van der Waals surface area contributed by atoms with Crippen LogP contribution in [-0.4, -0.2) is 23.6 Å². The summed E-state index contributed by atoms with van der Waals surface area (Å²) in [7, 11) is 1.52. The number of nitrogens with zero attached hydrogens (tertiary/aromatic N) is 2. The molecule has 0 aliphatic rings. The minimum Gasteiger partial charge on any atom is -0.495 e. The van der Waals surface area contributed by atoms with Gasteiger partial charge < -0.3 is 15.4 Å². The summed E-state index contributed by atoms with van der Waals surface area (Å²) in [4.78, 5) is 14.8. The van der Waals surface area contributed by atoms with Crippen LogP contribution in [-0.2, 0) is 6.54 Å². The molecule has 1 heterocycles. The minimum atomic E-state index is -0.441. The average Bonchev–Trinajstić information content (AvgIpc) is 2.92. The highest BCUT2D eigenvalue weighted by atomic mass is 32.1. The summed E-state index contributed by atoms with van der Waals surface area (Å²) in [5.74, 6) is 0.532. The monoisotopic (exact) mass is 308 g/mol. The Balaban J connectivity index is 2.19. The number of methoxy groups -OCH3 is 1. The Labute approximate surface area is 126 Å². The molecule has 2 rings (SSSR count). The second-order valence-electron chi connectivity index (χ2n) is 4.19. The maximum Gasteiger partial charge on any atom is 0.271 e. The molecule has 21 heavy (non-hydrogen) atoms. The van der Waals surface area contributed by atoms with Crippen molar-refractivity contribution in [1.29, 1.82) is 0 Å². The Hall–Kier alpha value is -2.19. The molecule has 0 unspecified atom stereocenters. The summed E-state index contributed by atoms with van der Waals surface area (Å²) in [5.41, 5.74) is 1.45. The van der Waals surface area contributed by atoms with Gasteiger partial charge in [0.05, 0.1) is 23.4 Å². The molecular weight excluding hydrogens is 292 g/mol. The first-order valence-corrected chi connectivity index (χ1v) is 7.26. The number of non-ortho nitro benzene ring substituents is 1. The number of hydrogen-bond donors (Lipinski definition) is 2. The van der Waals surface area contributed by atoms with Crippen LogP contribution < -0.4 is 15.4 Å². The lowest BCUT2D eigenvalue weighted by atomic mass is 10.2. The number of benzene rings is 1. The van der Waals surface area contributed by atoms with Gasteiger partial charge in [-0.3, -0.25) is 10.1 Å². The van der Waals surface area contributed by atoms with Gasteiger partial charge in [0.25, 0.3) is 5.69 Å². The normalized spacial score (nSPS) is 10.4. The molecule has 112 valence electrons. The molecule has 0 bridgehead atoms. The van der Waals surface area contributed by atoms with E-state index in [0.717, 1.165) is 12.2 Å². The Kier molecular flexibility index (Phi) is 5.07. The molecule has 8 heteroatoms. The average molecular weight is 308 g/mol. The van der Waals surface area contributed by atoms with Crippen LogP contribution in [0.1, 0.15) is 12.6 Å². The topological polar surface area (TPSA) is 89.3 Å². The molecule has 0 fully saturated rings. The van der Waals surface area contributed by atoms with E-state index in [2.05, 4.69) is 15.6 Å². The number of nitrogens with one attached hydrogen (secondary N) is 2. The molecule has 0 amide bonds. The molecule has 0 radical (unpaired) electrons. The smallest absolute Gasteiger partial charge is 0.271 e. The number of ether oxygens (including phenoxy) is 1. The van der Waals surface area contributed by atoms with E-state index in [1.165, 1.54) is 30.6 Å². The van der Waals surface area contributed by atoms with Crippen molar-refractivity contribution in [3.8, 4) is 5.75 Å². The van der Waals surface area contributed by atoms with Crippen molar-refractivity contribution in [1.82, 2.24) is 10.3 Å². The summed E-state index contributed by atoms with van der Waals surface area (Å²) >= 11 is 1.44. The zero-order valence-electron chi connectivity index (χ0n) is 11.8. The number of thiazole rings is 1. The van der Waals surface area contributed by atoms with Crippen LogP contribution in [0, 0.1) is 10.1 Å². The van der Waals surface area contributed by atoms with Crippen LogP contribution in [0.2, 0.25) is 0 Å². The van der Waals surface area contributed by atoms with E-state index < -0.39 is 4.92 Å². The minimum absolute atomic E-state index is 0.00253. The van der Waals surface area contributed by atoms with Gasteiger partial charge in [-0.25, -0.2) is 4.98 Å². The standard InChI is InChI=1S/C13H16N4O3S/c1-3-14-7-9-8-21-13(15-9)16-11-6-10(17(18)19)4-5-12(11)20-2/h4-6,8,14H,3,7H2,1-2H3,(H,15,16). The van der Waals surface area contributed by atoms with E-state index in [1.807, 2.05) is 12.3 Å². The largest absolute Gasteiger partial charge is 0.495 e. The SMILES string of the molecule is CCNCc1csc(Nc2cc([N+](=O)[O-])ccc2OC)n1. The highest BCUT2D eigenvalue weighted by Gasteiger charge is 2.12. The van der Waals surface area contributed by atoms with Gasteiger partial charge in [0.1, 0.15) is 5.75 Å². The highest BCUT2D eigenvalue weighted by molar-refractivity contribution is 7.13. The number of aromatic nitrogens is 1. The van der Waals surface area contributed by atoms with Gasteiger partial charge in [-0.05, 0) is 12.6 Å². The number of nitro groups is 1. The summed E-state index contributed by atoms with van der Waals surface area (Å²) in [5, 5.41) is 19.7. The highest BCUT2D eigenvalue weighted by Crippen LogP contribution is 2.32. The second kappa shape index (κ2) is 7.00. The summed E-state index contributed by atoms with van der Waals surface area (Å²) in [6.45, 7) is 3.60. The third-order valence-electron chi connectivity index (χ3n) is 2.74. The summed E-state index contributed by atoms with van der Waals surface area (Å²) in [6.07, 6.45) is 0. The van der Waals surface area contributed by atoms with Gasteiger partial charge in [-0.2, -0.15) is 0 Å². The number of anilines is 2. The van der Waals surface area contributed by atoms with Gasteiger partial charge in [0, 0.05) is 24.1 Å². The lowest BCUT2D eigenvalue weighted by molar-refractivity contribution is -0.384. The van der Waals surface area contributed by atoms with E-state index >= 15 is 0 Å². The zero-order chi connectivity index (χ0) is 15.2. The first kappa shape index (κ1) is 15.2. The fraction of sp³-hybridized carbons (Fsp3) is 0.308. The van der Waals surface area contributed by atoms with Crippen molar-refractivity contribution >= 4 is 27.8 Å². The molecule has 0 saturated heterocycles. The third kappa shape index (κ3) is 3.89. The molecule has 0 atom stereocenters. The molecule has 2 N–H and O–H groups in total. The van der Waals surface area contributed by atoms with Gasteiger partial charge in [0.2, 0.25) is 0 Å². The zero-order valence-corrected chi connectivity index (χ0v) is 12.6. The molecule has 2 aromatic rings. The van der Waals surface area contributed by atoms with Crippen LogP contribution in [0.3, 0.4) is 0 Å². The predicted octanol–water partition coefficient (Wildman–Crippen LogP) is 2.91. The fourth-order valence-corrected chi connectivity index (χ4v) is 2.44. The van der Waals surface area contributed by atoms with Crippen molar-refractivity contribution in [2.45, 2.75) is 13.5 Å². The quantitative estimate of drug-likeness (QED) is 0.604. The summed E-state index contributed by atoms with van der Waals surface area (Å²) in [6, 6.07) is 4.40. The third-order valence-corrected chi connectivity index (χ3v) is 3.55. The fourth-order valence-electron chi connectivity index (χ4n) is 1.72. The van der Waals surface area contributed by atoms with Crippen molar-refractivity contribution in [2.75, 3.05) is 19.0 Å². The van der Waals surface area contributed by atoms with E-state index in [0.29, 0.717) is 23.1 Å². The Morgan fingerprint density at radius 2 is 2.29 bits per heavy atom. The lowest BCUT2D eigenvalue weighted by Crippen LogP contribution is -2.11. The van der Waals surface area contributed by atoms with Crippen LogP contribution in [0.25, 0.3) is 0 Å². The Morgan fingerprint density at radius 1 is 1.48 bits per heavy atom. The lowest BCUT2D eigenvalue weighted by Gasteiger charge is -2.08. The molecule has 0 spiro atoms. The van der Waals surface area contributed by atoms with Crippen LogP contribution in [0.15, 0.2) is 23.6 Å². The van der Waals surface area contributed by atoms with Crippen molar-refractivity contribution in [2.24, 2.45) is 0 Å².